The Balaban J connectivity index is 1.02. The Morgan fingerprint density at radius 2 is 0.704 bits per heavy atom. The summed E-state index contributed by atoms with van der Waals surface area (Å²) in [7, 11) is 0. The maximum atomic E-state index is 2.36. The summed E-state index contributed by atoms with van der Waals surface area (Å²) in [5, 5.41) is 5.16. The van der Waals surface area contributed by atoms with Gasteiger partial charge in [-0.25, -0.2) is 0 Å². The maximum absolute atomic E-state index is 2.36. The average Bonchev–Trinajstić information content (AvgIpc) is 3.64. The molecule has 0 radical (unpaired) electrons. The average molecular weight is 706 g/mol. The first-order valence-corrected chi connectivity index (χ1v) is 19.2. The number of benzene rings is 9. The monoisotopic (exact) mass is 705 g/mol. The van der Waals surface area contributed by atoms with Gasteiger partial charge in [0.25, 0.3) is 0 Å². The maximum Gasteiger partial charge on any atom is 0.0462 e. The van der Waals surface area contributed by atoms with E-state index in [1.54, 1.807) is 0 Å². The van der Waals surface area contributed by atoms with E-state index in [2.05, 4.69) is 217 Å². The molecule has 0 saturated heterocycles. The predicted octanol–water partition coefficient (Wildman–Crippen LogP) is 15.3. The van der Waals surface area contributed by atoms with Crippen molar-refractivity contribution in [2.24, 2.45) is 0 Å². The van der Waals surface area contributed by atoms with Crippen LogP contribution >= 0.6 is 11.3 Å². The molecule has 1 heterocycles. The molecule has 9 aromatic carbocycles. The summed E-state index contributed by atoms with van der Waals surface area (Å²) in [6.45, 7) is 0. The molecule has 0 aliphatic carbocycles. The summed E-state index contributed by atoms with van der Waals surface area (Å²) in [6.07, 6.45) is 0. The molecule has 0 unspecified atom stereocenters. The zero-order valence-corrected chi connectivity index (χ0v) is 30.4. The van der Waals surface area contributed by atoms with Crippen LogP contribution in [0.4, 0.5) is 17.1 Å². The van der Waals surface area contributed by atoms with E-state index < -0.39 is 0 Å². The molecule has 10 aromatic rings. The smallest absolute Gasteiger partial charge is 0.0462 e. The molecule has 254 valence electrons. The standard InChI is InChI=1S/C52H35NS/c1-2-10-36(11-3-1)37-20-22-38(23-21-37)39-24-30-43(31-25-39)53(44-32-26-41(27-33-44)47-16-8-13-40-12-4-5-14-46(40)47)45-34-28-42(29-35-45)48-17-9-18-50-49-15-6-7-19-51(49)54-52(48)50/h1-35H. The van der Waals surface area contributed by atoms with Crippen molar-refractivity contribution in [1.82, 2.24) is 0 Å². The molecule has 2 heteroatoms. The van der Waals surface area contributed by atoms with Crippen LogP contribution in [0, 0.1) is 0 Å². The van der Waals surface area contributed by atoms with Gasteiger partial charge < -0.3 is 4.90 Å². The largest absolute Gasteiger partial charge is 0.311 e. The van der Waals surface area contributed by atoms with Crippen molar-refractivity contribution in [3.05, 3.63) is 212 Å². The molecule has 0 aliphatic heterocycles. The Morgan fingerprint density at radius 3 is 1.35 bits per heavy atom. The Labute approximate surface area is 319 Å². The molecule has 0 spiro atoms. The molecule has 0 N–H and O–H groups in total. The minimum absolute atomic E-state index is 1.11. The summed E-state index contributed by atoms with van der Waals surface area (Å²) in [5.41, 5.74) is 13.1. The molecule has 0 atom stereocenters. The third kappa shape index (κ3) is 5.84. The lowest BCUT2D eigenvalue weighted by Gasteiger charge is -2.26. The van der Waals surface area contributed by atoms with Gasteiger partial charge >= 0.3 is 0 Å². The molecule has 0 amide bonds. The normalized spacial score (nSPS) is 11.3. The SMILES string of the molecule is c1ccc(-c2ccc(-c3ccc(N(c4ccc(-c5cccc6ccccc56)cc4)c4ccc(-c5cccc6c5sc5ccccc56)cc4)cc3)cc2)cc1. The van der Waals surface area contributed by atoms with E-state index in [-0.39, 0.29) is 0 Å². The van der Waals surface area contributed by atoms with E-state index in [0.29, 0.717) is 0 Å². The first-order chi connectivity index (χ1) is 26.8. The summed E-state index contributed by atoms with van der Waals surface area (Å²) in [4.78, 5) is 2.36. The molecule has 1 nitrogen and oxygen atoms in total. The summed E-state index contributed by atoms with van der Waals surface area (Å²) >= 11 is 1.88. The second-order valence-corrected chi connectivity index (χ2v) is 14.8. The fraction of sp³-hybridized carbons (Fsp3) is 0. The van der Waals surface area contributed by atoms with Gasteiger partial charge in [-0.1, -0.05) is 170 Å². The predicted molar refractivity (Wildman–Crippen MR) is 233 cm³/mol. The van der Waals surface area contributed by atoms with Gasteiger partial charge in [0.15, 0.2) is 0 Å². The lowest BCUT2D eigenvalue weighted by atomic mass is 9.98. The first-order valence-electron chi connectivity index (χ1n) is 18.4. The second kappa shape index (κ2) is 13.7. The van der Waals surface area contributed by atoms with Crippen LogP contribution in [0.2, 0.25) is 0 Å². The van der Waals surface area contributed by atoms with E-state index in [9.17, 15) is 0 Å². The Morgan fingerprint density at radius 1 is 0.278 bits per heavy atom. The van der Waals surface area contributed by atoms with Gasteiger partial charge in [-0.3, -0.25) is 0 Å². The number of rotatable bonds is 7. The van der Waals surface area contributed by atoms with Crippen molar-refractivity contribution >= 4 is 59.3 Å². The van der Waals surface area contributed by atoms with Gasteiger partial charge in [0.2, 0.25) is 0 Å². The molecule has 10 rings (SSSR count). The molecule has 1 aromatic heterocycles. The van der Waals surface area contributed by atoms with E-state index >= 15 is 0 Å². The van der Waals surface area contributed by atoms with Crippen molar-refractivity contribution in [3.63, 3.8) is 0 Å². The molecule has 0 aliphatic rings. The van der Waals surface area contributed by atoms with Gasteiger partial charge in [-0.05, 0) is 97.7 Å². The Kier molecular flexibility index (Phi) is 8.09. The van der Waals surface area contributed by atoms with Gasteiger partial charge in [0, 0.05) is 37.2 Å². The van der Waals surface area contributed by atoms with Crippen LogP contribution in [0.1, 0.15) is 0 Å². The van der Waals surface area contributed by atoms with Crippen LogP contribution in [0.25, 0.3) is 75.5 Å². The van der Waals surface area contributed by atoms with Gasteiger partial charge in [0.1, 0.15) is 0 Å². The minimum atomic E-state index is 1.11. The fourth-order valence-corrected chi connectivity index (χ4v) is 9.01. The van der Waals surface area contributed by atoms with E-state index in [4.69, 9.17) is 0 Å². The molecule has 0 bridgehead atoms. The van der Waals surface area contributed by atoms with Crippen LogP contribution in [0.3, 0.4) is 0 Å². The number of thiophene rings is 1. The van der Waals surface area contributed by atoms with Crippen molar-refractivity contribution in [2.45, 2.75) is 0 Å². The van der Waals surface area contributed by atoms with Crippen molar-refractivity contribution < 1.29 is 0 Å². The van der Waals surface area contributed by atoms with Crippen molar-refractivity contribution in [1.29, 1.82) is 0 Å². The molecule has 0 saturated carbocycles. The third-order valence-electron chi connectivity index (χ3n) is 10.5. The van der Waals surface area contributed by atoms with Crippen LogP contribution in [-0.2, 0) is 0 Å². The fourth-order valence-electron chi connectivity index (χ4n) is 7.77. The highest BCUT2D eigenvalue weighted by Crippen LogP contribution is 2.42. The zero-order chi connectivity index (χ0) is 35.8. The highest BCUT2D eigenvalue weighted by Gasteiger charge is 2.16. The van der Waals surface area contributed by atoms with Gasteiger partial charge in [-0.15, -0.1) is 11.3 Å². The van der Waals surface area contributed by atoms with Gasteiger partial charge in [0.05, 0.1) is 0 Å². The topological polar surface area (TPSA) is 3.24 Å². The first kappa shape index (κ1) is 32.0. The van der Waals surface area contributed by atoms with E-state index in [0.717, 1.165) is 17.1 Å². The summed E-state index contributed by atoms with van der Waals surface area (Å²) < 4.78 is 2.66. The van der Waals surface area contributed by atoms with Crippen molar-refractivity contribution in [3.8, 4) is 44.5 Å². The van der Waals surface area contributed by atoms with Crippen molar-refractivity contribution in [2.75, 3.05) is 4.90 Å². The molecule has 54 heavy (non-hydrogen) atoms. The summed E-state index contributed by atoms with van der Waals surface area (Å²) in [6, 6.07) is 77.0. The highest BCUT2D eigenvalue weighted by atomic mass is 32.1. The molecular weight excluding hydrogens is 671 g/mol. The zero-order valence-electron chi connectivity index (χ0n) is 29.6. The number of nitrogens with zero attached hydrogens (tertiary/aromatic N) is 1. The van der Waals surface area contributed by atoms with Crippen LogP contribution < -0.4 is 4.90 Å². The quantitative estimate of drug-likeness (QED) is 0.160. The molecule has 0 fully saturated rings. The second-order valence-electron chi connectivity index (χ2n) is 13.7. The lowest BCUT2D eigenvalue weighted by Crippen LogP contribution is -2.09. The van der Waals surface area contributed by atoms with Crippen LogP contribution in [0.5, 0.6) is 0 Å². The van der Waals surface area contributed by atoms with Crippen LogP contribution in [-0.4, -0.2) is 0 Å². The van der Waals surface area contributed by atoms with Crippen LogP contribution in [0.15, 0.2) is 212 Å². The number of fused-ring (bicyclic) bond motifs is 4. The summed E-state index contributed by atoms with van der Waals surface area (Å²) in [5.74, 6) is 0. The minimum Gasteiger partial charge on any atom is -0.311 e. The molecular formula is C52H35NS. The lowest BCUT2D eigenvalue weighted by molar-refractivity contribution is 1.28. The number of hydrogen-bond donors (Lipinski definition) is 0. The number of anilines is 3. The van der Waals surface area contributed by atoms with E-state index in [1.807, 2.05) is 11.3 Å². The third-order valence-corrected chi connectivity index (χ3v) is 11.7. The van der Waals surface area contributed by atoms with E-state index in [1.165, 1.54) is 75.5 Å². The number of hydrogen-bond acceptors (Lipinski definition) is 2. The highest BCUT2D eigenvalue weighted by molar-refractivity contribution is 7.26. The Bertz CT molecular complexity index is 2880. The van der Waals surface area contributed by atoms with Gasteiger partial charge in [-0.2, -0.15) is 0 Å². The Hall–Kier alpha value is -6.74.